The second-order valence-electron chi connectivity index (χ2n) is 3.64. The summed E-state index contributed by atoms with van der Waals surface area (Å²) < 4.78 is 13.7. The molecule has 2 N–H and O–H groups in total. The highest BCUT2D eigenvalue weighted by Gasteiger charge is 2.16. The molecule has 1 atom stereocenters. The lowest BCUT2D eigenvalue weighted by molar-refractivity contribution is 0.522. The van der Waals surface area contributed by atoms with E-state index in [-0.39, 0.29) is 6.04 Å². The molecular weight excluding hydrogens is 258 g/mol. The minimum atomic E-state index is -0.389. The largest absolute Gasteiger partial charge is 0.459 e. The van der Waals surface area contributed by atoms with Crippen molar-refractivity contribution < 1.29 is 4.42 Å². The van der Waals surface area contributed by atoms with Gasteiger partial charge in [-0.15, -0.1) is 0 Å². The average molecular weight is 266 g/mol. The fourth-order valence-electron chi connectivity index (χ4n) is 1.64. The van der Waals surface area contributed by atoms with Crippen molar-refractivity contribution in [3.05, 3.63) is 46.9 Å². The van der Waals surface area contributed by atoms with Crippen LogP contribution in [0.4, 0.5) is 0 Å². The number of furan rings is 1. The number of nitrogens with zero attached hydrogens (tertiary/aromatic N) is 2. The second kappa shape index (κ2) is 4.10. The number of hydrogen-bond acceptors (Lipinski definition) is 5. The van der Waals surface area contributed by atoms with Gasteiger partial charge >= 0.3 is 0 Å². The van der Waals surface area contributed by atoms with Crippen LogP contribution >= 0.6 is 23.3 Å². The molecule has 0 bridgehead atoms. The SMILES string of the molecule is NC(c1cnsn1)c1cc2cc(Cl)ccc2o1. The highest BCUT2D eigenvalue weighted by molar-refractivity contribution is 6.99. The Morgan fingerprint density at radius 2 is 2.24 bits per heavy atom. The van der Waals surface area contributed by atoms with Crippen molar-refractivity contribution in [2.45, 2.75) is 6.04 Å². The molecule has 0 saturated carbocycles. The van der Waals surface area contributed by atoms with E-state index in [1.807, 2.05) is 18.2 Å². The smallest absolute Gasteiger partial charge is 0.134 e. The van der Waals surface area contributed by atoms with Gasteiger partial charge in [0, 0.05) is 10.4 Å². The second-order valence-corrected chi connectivity index (χ2v) is 4.63. The van der Waals surface area contributed by atoms with Gasteiger partial charge in [0.2, 0.25) is 0 Å². The lowest BCUT2D eigenvalue weighted by atomic mass is 10.1. The molecule has 2 aromatic heterocycles. The number of fused-ring (bicyclic) bond motifs is 1. The van der Waals surface area contributed by atoms with Gasteiger partial charge in [-0.25, -0.2) is 0 Å². The predicted octanol–water partition coefficient (Wildman–Crippen LogP) is 2.99. The van der Waals surface area contributed by atoms with Gasteiger partial charge in [-0.2, -0.15) is 8.75 Å². The molecule has 1 unspecified atom stereocenters. The summed E-state index contributed by atoms with van der Waals surface area (Å²) in [6, 6.07) is 6.95. The summed E-state index contributed by atoms with van der Waals surface area (Å²) in [5, 5.41) is 1.61. The van der Waals surface area contributed by atoms with Crippen LogP contribution in [-0.2, 0) is 0 Å². The quantitative estimate of drug-likeness (QED) is 0.774. The van der Waals surface area contributed by atoms with Crippen LogP contribution in [0.3, 0.4) is 0 Å². The molecule has 4 nitrogen and oxygen atoms in total. The standard InChI is InChI=1S/C11H8ClN3OS/c12-7-1-2-9-6(3-7)4-10(16-9)11(13)8-5-14-17-15-8/h1-5,11H,13H2. The summed E-state index contributed by atoms with van der Waals surface area (Å²) in [6.45, 7) is 0. The first-order chi connectivity index (χ1) is 8.24. The van der Waals surface area contributed by atoms with Crippen LogP contribution in [-0.4, -0.2) is 8.75 Å². The third kappa shape index (κ3) is 1.93. The molecule has 86 valence electrons. The number of benzene rings is 1. The molecular formula is C11H8ClN3OS. The van der Waals surface area contributed by atoms with Gasteiger partial charge in [-0.1, -0.05) is 11.6 Å². The molecule has 0 fully saturated rings. The highest BCUT2D eigenvalue weighted by Crippen LogP contribution is 2.27. The molecule has 0 spiro atoms. The van der Waals surface area contributed by atoms with E-state index in [9.17, 15) is 0 Å². The summed E-state index contributed by atoms with van der Waals surface area (Å²) in [5.41, 5.74) is 7.52. The van der Waals surface area contributed by atoms with Crippen LogP contribution in [0.1, 0.15) is 17.5 Å². The van der Waals surface area contributed by atoms with Gasteiger partial charge in [0.25, 0.3) is 0 Å². The van der Waals surface area contributed by atoms with Crippen LogP contribution < -0.4 is 5.73 Å². The molecule has 0 aliphatic carbocycles. The number of nitrogens with two attached hydrogens (primary N) is 1. The van der Waals surface area contributed by atoms with E-state index >= 15 is 0 Å². The minimum Gasteiger partial charge on any atom is -0.459 e. The predicted molar refractivity (Wildman–Crippen MR) is 67.2 cm³/mol. The van der Waals surface area contributed by atoms with Crippen LogP contribution in [0.25, 0.3) is 11.0 Å². The minimum absolute atomic E-state index is 0.389. The lowest BCUT2D eigenvalue weighted by Gasteiger charge is -2.02. The molecule has 0 saturated heterocycles. The molecule has 6 heteroatoms. The average Bonchev–Trinajstić information content (AvgIpc) is 2.96. The van der Waals surface area contributed by atoms with Crippen molar-refractivity contribution in [1.82, 2.24) is 8.75 Å². The van der Waals surface area contributed by atoms with Gasteiger partial charge in [0.05, 0.1) is 23.6 Å². The van der Waals surface area contributed by atoms with Crippen molar-refractivity contribution in [3.8, 4) is 0 Å². The number of rotatable bonds is 2. The first-order valence-corrected chi connectivity index (χ1v) is 6.07. The van der Waals surface area contributed by atoms with E-state index in [4.69, 9.17) is 21.8 Å². The zero-order chi connectivity index (χ0) is 11.8. The van der Waals surface area contributed by atoms with E-state index in [0.29, 0.717) is 16.5 Å². The maximum atomic E-state index is 6.04. The van der Waals surface area contributed by atoms with Crippen molar-refractivity contribution in [3.63, 3.8) is 0 Å². The first kappa shape index (κ1) is 10.7. The van der Waals surface area contributed by atoms with Crippen molar-refractivity contribution in [1.29, 1.82) is 0 Å². The van der Waals surface area contributed by atoms with Gasteiger partial charge in [0.1, 0.15) is 17.4 Å². The molecule has 2 heterocycles. The molecule has 0 aliphatic heterocycles. The van der Waals surface area contributed by atoms with Gasteiger partial charge in [-0.3, -0.25) is 0 Å². The zero-order valence-corrected chi connectivity index (χ0v) is 10.2. The normalized spacial score (nSPS) is 13.1. The molecule has 0 radical (unpaired) electrons. The number of aromatic nitrogens is 2. The zero-order valence-electron chi connectivity index (χ0n) is 8.63. The van der Waals surface area contributed by atoms with Crippen molar-refractivity contribution in [2.24, 2.45) is 5.73 Å². The molecule has 0 aliphatic rings. The van der Waals surface area contributed by atoms with Crippen LogP contribution in [0, 0.1) is 0 Å². The summed E-state index contributed by atoms with van der Waals surface area (Å²) >= 11 is 7.04. The topological polar surface area (TPSA) is 64.9 Å². The van der Waals surface area contributed by atoms with E-state index in [1.165, 1.54) is 0 Å². The van der Waals surface area contributed by atoms with Crippen LogP contribution in [0.2, 0.25) is 5.02 Å². The molecule has 0 amide bonds. The monoisotopic (exact) mass is 265 g/mol. The van der Waals surface area contributed by atoms with E-state index in [0.717, 1.165) is 22.7 Å². The number of halogens is 1. The summed E-state index contributed by atoms with van der Waals surface area (Å²) in [5.74, 6) is 0.662. The molecule has 1 aromatic carbocycles. The van der Waals surface area contributed by atoms with Gasteiger partial charge in [0.15, 0.2) is 0 Å². The Balaban J connectivity index is 2.06. The Kier molecular flexibility index (Phi) is 2.58. The van der Waals surface area contributed by atoms with Crippen molar-refractivity contribution >= 4 is 34.3 Å². The third-order valence-electron chi connectivity index (χ3n) is 2.50. The van der Waals surface area contributed by atoms with E-state index in [2.05, 4.69) is 8.75 Å². The maximum absolute atomic E-state index is 6.04. The molecule has 3 rings (SSSR count). The van der Waals surface area contributed by atoms with E-state index in [1.54, 1.807) is 12.3 Å². The van der Waals surface area contributed by atoms with Crippen molar-refractivity contribution in [2.75, 3.05) is 0 Å². The Morgan fingerprint density at radius 1 is 1.35 bits per heavy atom. The van der Waals surface area contributed by atoms with Gasteiger partial charge < -0.3 is 10.2 Å². The molecule has 17 heavy (non-hydrogen) atoms. The Bertz CT molecular complexity index is 650. The van der Waals surface area contributed by atoms with E-state index < -0.39 is 0 Å². The fraction of sp³-hybridized carbons (Fsp3) is 0.0909. The Labute approximate surface area is 106 Å². The Hall–Kier alpha value is -1.43. The molecule has 3 aromatic rings. The summed E-state index contributed by atoms with van der Waals surface area (Å²) in [4.78, 5) is 0. The van der Waals surface area contributed by atoms with Crippen LogP contribution in [0.15, 0.2) is 34.9 Å². The highest BCUT2D eigenvalue weighted by atomic mass is 35.5. The first-order valence-electron chi connectivity index (χ1n) is 4.96. The lowest BCUT2D eigenvalue weighted by Crippen LogP contribution is -2.10. The maximum Gasteiger partial charge on any atom is 0.134 e. The summed E-state index contributed by atoms with van der Waals surface area (Å²) in [6.07, 6.45) is 1.65. The summed E-state index contributed by atoms with van der Waals surface area (Å²) in [7, 11) is 0. The van der Waals surface area contributed by atoms with Crippen LogP contribution in [0.5, 0.6) is 0 Å². The fourth-order valence-corrected chi connectivity index (χ4v) is 2.28. The third-order valence-corrected chi connectivity index (χ3v) is 3.23. The number of hydrogen-bond donors (Lipinski definition) is 1. The van der Waals surface area contributed by atoms with Gasteiger partial charge in [-0.05, 0) is 24.3 Å². The Morgan fingerprint density at radius 3 is 3.00 bits per heavy atom.